The van der Waals surface area contributed by atoms with Crippen LogP contribution in [0.4, 0.5) is 0 Å². The van der Waals surface area contributed by atoms with Crippen LogP contribution in [0, 0.1) is 0 Å². The lowest BCUT2D eigenvalue weighted by Crippen LogP contribution is -2.45. The van der Waals surface area contributed by atoms with Gasteiger partial charge < -0.3 is 11.1 Å². The zero-order valence-electron chi connectivity index (χ0n) is 9.82. The number of sulfonamides is 1. The van der Waals surface area contributed by atoms with E-state index in [-0.39, 0.29) is 11.7 Å². The van der Waals surface area contributed by atoms with E-state index in [0.717, 1.165) is 6.42 Å². The summed E-state index contributed by atoms with van der Waals surface area (Å²) in [6.07, 6.45) is 1.21. The van der Waals surface area contributed by atoms with Crippen LogP contribution in [0.3, 0.4) is 0 Å². The van der Waals surface area contributed by atoms with E-state index in [0.29, 0.717) is 19.5 Å². The van der Waals surface area contributed by atoms with Gasteiger partial charge in [-0.3, -0.25) is 4.79 Å². The number of rotatable bonds is 8. The van der Waals surface area contributed by atoms with E-state index in [1.807, 2.05) is 6.92 Å². The number of nitrogens with two attached hydrogens (primary N) is 1. The molecular formula is C9H21N3O3S. The third-order valence-electron chi connectivity index (χ3n) is 1.92. The van der Waals surface area contributed by atoms with Gasteiger partial charge in [0.25, 0.3) is 0 Å². The van der Waals surface area contributed by atoms with Gasteiger partial charge in [-0.15, -0.1) is 0 Å². The standard InChI is InChI=1S/C9H21N3O3S/c1-3-6-11-9(13)8(2)12-16(14,15)7-4-5-10/h8,12H,3-7,10H2,1-2H3,(H,11,13). The van der Waals surface area contributed by atoms with Crippen molar-refractivity contribution in [1.82, 2.24) is 10.0 Å². The second-order valence-electron chi connectivity index (χ2n) is 3.59. The molecule has 0 aromatic carbocycles. The molecule has 0 radical (unpaired) electrons. The summed E-state index contributed by atoms with van der Waals surface area (Å²) in [5.41, 5.74) is 5.22. The highest BCUT2D eigenvalue weighted by molar-refractivity contribution is 7.89. The highest BCUT2D eigenvalue weighted by Crippen LogP contribution is 1.92. The minimum absolute atomic E-state index is 0.0467. The maximum atomic E-state index is 11.4. The maximum Gasteiger partial charge on any atom is 0.237 e. The van der Waals surface area contributed by atoms with E-state index in [4.69, 9.17) is 5.73 Å². The maximum absolute atomic E-state index is 11.4. The van der Waals surface area contributed by atoms with Crippen molar-refractivity contribution >= 4 is 15.9 Å². The van der Waals surface area contributed by atoms with Crippen molar-refractivity contribution in [1.29, 1.82) is 0 Å². The molecule has 0 heterocycles. The van der Waals surface area contributed by atoms with Crippen molar-refractivity contribution < 1.29 is 13.2 Å². The van der Waals surface area contributed by atoms with Crippen LogP contribution in [-0.2, 0) is 14.8 Å². The molecule has 0 rings (SSSR count). The van der Waals surface area contributed by atoms with Crippen LogP contribution in [0.15, 0.2) is 0 Å². The van der Waals surface area contributed by atoms with Crippen molar-refractivity contribution in [3.05, 3.63) is 0 Å². The summed E-state index contributed by atoms with van der Waals surface area (Å²) in [4.78, 5) is 11.4. The molecule has 0 fully saturated rings. The van der Waals surface area contributed by atoms with Crippen molar-refractivity contribution in [3.63, 3.8) is 0 Å². The second-order valence-corrected chi connectivity index (χ2v) is 5.47. The third-order valence-corrected chi connectivity index (χ3v) is 3.45. The number of carbonyl (C=O) groups is 1. The average Bonchev–Trinajstić information content (AvgIpc) is 2.22. The Labute approximate surface area is 97.0 Å². The molecule has 0 aliphatic rings. The monoisotopic (exact) mass is 251 g/mol. The molecule has 16 heavy (non-hydrogen) atoms. The molecule has 6 nitrogen and oxygen atoms in total. The molecule has 0 spiro atoms. The lowest BCUT2D eigenvalue weighted by molar-refractivity contribution is -0.122. The lowest BCUT2D eigenvalue weighted by atomic mass is 10.3. The lowest BCUT2D eigenvalue weighted by Gasteiger charge is -2.13. The van der Waals surface area contributed by atoms with Gasteiger partial charge in [0.2, 0.25) is 15.9 Å². The quantitative estimate of drug-likeness (QED) is 0.524. The summed E-state index contributed by atoms with van der Waals surface area (Å²) in [5, 5.41) is 2.62. The molecular weight excluding hydrogens is 230 g/mol. The van der Waals surface area contributed by atoms with Gasteiger partial charge in [0.05, 0.1) is 11.8 Å². The highest BCUT2D eigenvalue weighted by atomic mass is 32.2. The molecule has 0 aromatic heterocycles. The number of hydrogen-bond donors (Lipinski definition) is 3. The molecule has 0 aliphatic heterocycles. The normalized spacial score (nSPS) is 13.4. The summed E-state index contributed by atoms with van der Waals surface area (Å²) in [7, 11) is -3.40. The Bertz CT molecular complexity index is 303. The Morgan fingerprint density at radius 3 is 2.56 bits per heavy atom. The Kier molecular flexibility index (Phi) is 7.27. The molecule has 0 saturated carbocycles. The number of nitrogens with one attached hydrogen (secondary N) is 2. The molecule has 0 saturated heterocycles. The highest BCUT2D eigenvalue weighted by Gasteiger charge is 2.19. The van der Waals surface area contributed by atoms with E-state index in [1.54, 1.807) is 0 Å². The first-order valence-corrected chi connectivity index (χ1v) is 7.06. The summed E-state index contributed by atoms with van der Waals surface area (Å²) < 4.78 is 25.2. The van der Waals surface area contributed by atoms with Gasteiger partial charge in [0, 0.05) is 6.54 Å². The predicted octanol–water partition coefficient (Wildman–Crippen LogP) is -0.831. The molecule has 1 amide bonds. The molecule has 0 bridgehead atoms. The van der Waals surface area contributed by atoms with Gasteiger partial charge >= 0.3 is 0 Å². The van der Waals surface area contributed by atoms with Crippen LogP contribution in [0.25, 0.3) is 0 Å². The van der Waals surface area contributed by atoms with Crippen LogP contribution in [0.1, 0.15) is 26.7 Å². The van der Waals surface area contributed by atoms with Gasteiger partial charge in [0.1, 0.15) is 0 Å². The van der Waals surface area contributed by atoms with Gasteiger partial charge in [-0.05, 0) is 26.3 Å². The van der Waals surface area contributed by atoms with Crippen LogP contribution in [-0.4, -0.2) is 39.2 Å². The van der Waals surface area contributed by atoms with Gasteiger partial charge in [-0.25, -0.2) is 13.1 Å². The molecule has 0 aromatic rings. The van der Waals surface area contributed by atoms with Gasteiger partial charge in [-0.2, -0.15) is 0 Å². The molecule has 4 N–H and O–H groups in total. The Hall–Kier alpha value is -0.660. The SMILES string of the molecule is CCCNC(=O)C(C)NS(=O)(=O)CCCN. The van der Waals surface area contributed by atoms with Crippen molar-refractivity contribution in [2.45, 2.75) is 32.7 Å². The zero-order chi connectivity index (χ0) is 12.6. The smallest absolute Gasteiger partial charge is 0.237 e. The van der Waals surface area contributed by atoms with E-state index in [9.17, 15) is 13.2 Å². The molecule has 0 aliphatic carbocycles. The summed E-state index contributed by atoms with van der Waals surface area (Å²) in [5.74, 6) is -0.354. The van der Waals surface area contributed by atoms with Crippen LogP contribution >= 0.6 is 0 Å². The van der Waals surface area contributed by atoms with Gasteiger partial charge in [-0.1, -0.05) is 6.92 Å². The molecule has 7 heteroatoms. The summed E-state index contributed by atoms with van der Waals surface area (Å²) in [6.45, 7) is 4.31. The van der Waals surface area contributed by atoms with Crippen molar-refractivity contribution in [2.24, 2.45) is 5.73 Å². The van der Waals surface area contributed by atoms with E-state index >= 15 is 0 Å². The summed E-state index contributed by atoms with van der Waals surface area (Å²) in [6, 6.07) is -0.741. The largest absolute Gasteiger partial charge is 0.355 e. The van der Waals surface area contributed by atoms with Crippen LogP contribution < -0.4 is 15.8 Å². The molecule has 96 valence electrons. The van der Waals surface area contributed by atoms with Crippen molar-refractivity contribution in [3.8, 4) is 0 Å². The van der Waals surface area contributed by atoms with Crippen LogP contribution in [0.5, 0.6) is 0 Å². The van der Waals surface area contributed by atoms with E-state index in [1.165, 1.54) is 6.92 Å². The number of hydrogen-bond acceptors (Lipinski definition) is 4. The first-order valence-electron chi connectivity index (χ1n) is 5.40. The first kappa shape index (κ1) is 15.3. The Morgan fingerprint density at radius 2 is 2.06 bits per heavy atom. The molecule has 1 unspecified atom stereocenters. The fraction of sp³-hybridized carbons (Fsp3) is 0.889. The Morgan fingerprint density at radius 1 is 1.44 bits per heavy atom. The summed E-state index contributed by atoms with van der Waals surface area (Å²) >= 11 is 0. The van der Waals surface area contributed by atoms with Crippen LogP contribution in [0.2, 0.25) is 0 Å². The fourth-order valence-corrected chi connectivity index (χ4v) is 2.37. The number of carbonyl (C=O) groups excluding carboxylic acids is 1. The zero-order valence-corrected chi connectivity index (χ0v) is 10.6. The average molecular weight is 251 g/mol. The first-order chi connectivity index (χ1) is 7.43. The number of amides is 1. The van der Waals surface area contributed by atoms with E-state index in [2.05, 4.69) is 10.0 Å². The minimum atomic E-state index is -3.40. The predicted molar refractivity (Wildman–Crippen MR) is 63.4 cm³/mol. The van der Waals surface area contributed by atoms with Gasteiger partial charge in [0.15, 0.2) is 0 Å². The minimum Gasteiger partial charge on any atom is -0.355 e. The van der Waals surface area contributed by atoms with E-state index < -0.39 is 16.1 Å². The molecule has 1 atom stereocenters. The Balaban J connectivity index is 4.11. The topological polar surface area (TPSA) is 101 Å². The third kappa shape index (κ3) is 6.76. The fourth-order valence-electron chi connectivity index (χ4n) is 1.06. The second kappa shape index (κ2) is 7.59. The van der Waals surface area contributed by atoms with Crippen molar-refractivity contribution in [2.75, 3.05) is 18.8 Å².